The summed E-state index contributed by atoms with van der Waals surface area (Å²) >= 11 is 0. The largest absolute Gasteiger partial charge is 0.360 e. The Kier molecular flexibility index (Phi) is 5.19. The van der Waals surface area contributed by atoms with Crippen LogP contribution < -0.4 is 5.56 Å². The summed E-state index contributed by atoms with van der Waals surface area (Å²) < 4.78 is 6.98. The molecule has 4 rings (SSSR count). The van der Waals surface area contributed by atoms with E-state index < -0.39 is 0 Å². The minimum absolute atomic E-state index is 0.00392. The van der Waals surface area contributed by atoms with Gasteiger partial charge in [-0.25, -0.2) is 4.98 Å². The Hall–Kier alpha value is -3.00. The van der Waals surface area contributed by atoms with Crippen molar-refractivity contribution in [1.82, 2.24) is 24.5 Å². The Morgan fingerprint density at radius 3 is 2.55 bits per heavy atom. The molecule has 0 radical (unpaired) electrons. The van der Waals surface area contributed by atoms with Crippen LogP contribution in [0.4, 0.5) is 0 Å². The zero-order valence-corrected chi connectivity index (χ0v) is 17.0. The monoisotopic (exact) mass is 395 g/mol. The fourth-order valence-corrected chi connectivity index (χ4v) is 3.82. The summed E-state index contributed by atoms with van der Waals surface area (Å²) in [6.07, 6.45) is 0. The lowest BCUT2D eigenvalue weighted by atomic mass is 10.1. The first kappa shape index (κ1) is 19.3. The molecule has 0 bridgehead atoms. The smallest absolute Gasteiger partial charge is 0.272 e. The maximum atomic E-state index is 13.0. The van der Waals surface area contributed by atoms with Crippen LogP contribution in [0.15, 0.2) is 33.6 Å². The molecule has 0 saturated carbocycles. The molecule has 1 saturated heterocycles. The molecular weight excluding hydrogens is 370 g/mol. The van der Waals surface area contributed by atoms with Gasteiger partial charge in [0.15, 0.2) is 5.76 Å². The lowest BCUT2D eigenvalue weighted by Gasteiger charge is -2.34. The zero-order chi connectivity index (χ0) is 20.5. The fourth-order valence-electron chi connectivity index (χ4n) is 3.82. The Morgan fingerprint density at radius 1 is 1.14 bits per heavy atom. The highest BCUT2D eigenvalue weighted by atomic mass is 16.5. The number of amides is 1. The molecule has 3 aromatic rings. The van der Waals surface area contributed by atoms with Crippen molar-refractivity contribution in [3.05, 3.63) is 57.3 Å². The first-order valence-corrected chi connectivity index (χ1v) is 9.91. The van der Waals surface area contributed by atoms with Crippen LogP contribution in [0.5, 0.6) is 0 Å². The number of hydrogen-bond acceptors (Lipinski definition) is 6. The van der Waals surface area contributed by atoms with Crippen LogP contribution in [0.3, 0.4) is 0 Å². The van der Waals surface area contributed by atoms with E-state index in [9.17, 15) is 9.59 Å². The Morgan fingerprint density at radius 2 is 1.90 bits per heavy atom. The molecule has 8 nitrogen and oxygen atoms in total. The molecule has 1 amide bonds. The number of piperazine rings is 1. The number of nitrogens with zero attached hydrogens (tertiary/aromatic N) is 5. The number of aromatic nitrogens is 3. The molecule has 152 valence electrons. The normalized spacial score (nSPS) is 15.2. The van der Waals surface area contributed by atoms with E-state index in [0.717, 1.165) is 30.1 Å². The molecular formula is C21H25N5O3. The van der Waals surface area contributed by atoms with Crippen LogP contribution in [0, 0.1) is 13.8 Å². The van der Waals surface area contributed by atoms with Crippen LogP contribution in [-0.4, -0.2) is 56.6 Å². The fraction of sp³-hybridized carbons (Fsp3) is 0.429. The molecule has 3 heterocycles. The van der Waals surface area contributed by atoms with Gasteiger partial charge in [-0.1, -0.05) is 5.16 Å². The van der Waals surface area contributed by atoms with Crippen LogP contribution in [0.2, 0.25) is 0 Å². The molecule has 1 aliphatic rings. The number of rotatable bonds is 4. The van der Waals surface area contributed by atoms with Gasteiger partial charge in [0.25, 0.3) is 11.5 Å². The van der Waals surface area contributed by atoms with Crippen molar-refractivity contribution in [1.29, 1.82) is 0 Å². The summed E-state index contributed by atoms with van der Waals surface area (Å²) in [5, 5.41) is 3.92. The van der Waals surface area contributed by atoms with Gasteiger partial charge >= 0.3 is 0 Å². The van der Waals surface area contributed by atoms with Crippen molar-refractivity contribution in [2.75, 3.05) is 26.2 Å². The van der Waals surface area contributed by atoms with Gasteiger partial charge in [-0.05, 0) is 39.0 Å². The van der Waals surface area contributed by atoms with Crippen molar-refractivity contribution in [3.8, 4) is 0 Å². The van der Waals surface area contributed by atoms with Gasteiger partial charge in [-0.2, -0.15) is 0 Å². The van der Waals surface area contributed by atoms with E-state index in [0.29, 0.717) is 43.0 Å². The molecule has 1 fully saturated rings. The van der Waals surface area contributed by atoms with E-state index in [-0.39, 0.29) is 11.5 Å². The van der Waals surface area contributed by atoms with E-state index in [1.165, 1.54) is 0 Å². The molecule has 0 N–H and O–H groups in total. The Labute approximate surface area is 168 Å². The summed E-state index contributed by atoms with van der Waals surface area (Å²) in [6, 6.07) is 7.34. The Bertz CT molecular complexity index is 1110. The topological polar surface area (TPSA) is 84.5 Å². The number of carbonyl (C=O) groups excluding carboxylic acids is 1. The van der Waals surface area contributed by atoms with Crippen molar-refractivity contribution >= 4 is 16.9 Å². The molecule has 8 heteroatoms. The summed E-state index contributed by atoms with van der Waals surface area (Å²) in [6.45, 7) is 9.70. The molecule has 1 aromatic carbocycles. The lowest BCUT2D eigenvalue weighted by molar-refractivity contribution is 0.0617. The summed E-state index contributed by atoms with van der Waals surface area (Å²) in [5.74, 6) is 0.844. The molecule has 0 aliphatic carbocycles. The van der Waals surface area contributed by atoms with Gasteiger partial charge in [0, 0.05) is 44.4 Å². The third-order valence-corrected chi connectivity index (χ3v) is 5.39. The zero-order valence-electron chi connectivity index (χ0n) is 17.0. The first-order chi connectivity index (χ1) is 14.0. The SMILES string of the molecule is CCn1c(=O)c(C)nc2cc(C(=O)N3CCN(Cc4cc(C)no4)CC3)ccc21. The summed E-state index contributed by atoms with van der Waals surface area (Å²) in [7, 11) is 0. The second kappa shape index (κ2) is 7.79. The lowest BCUT2D eigenvalue weighted by Crippen LogP contribution is -2.48. The third kappa shape index (κ3) is 3.80. The van der Waals surface area contributed by atoms with Crippen molar-refractivity contribution < 1.29 is 9.32 Å². The van der Waals surface area contributed by atoms with Crippen LogP contribution in [0.1, 0.15) is 34.4 Å². The molecule has 29 heavy (non-hydrogen) atoms. The van der Waals surface area contributed by atoms with Crippen molar-refractivity contribution in [3.63, 3.8) is 0 Å². The van der Waals surface area contributed by atoms with Crippen molar-refractivity contribution in [2.24, 2.45) is 0 Å². The first-order valence-electron chi connectivity index (χ1n) is 9.91. The molecule has 1 aliphatic heterocycles. The number of fused-ring (bicyclic) bond motifs is 1. The molecule has 0 spiro atoms. The Balaban J connectivity index is 1.48. The average molecular weight is 395 g/mol. The van der Waals surface area contributed by atoms with Crippen molar-refractivity contribution in [2.45, 2.75) is 33.9 Å². The second-order valence-electron chi connectivity index (χ2n) is 7.45. The predicted molar refractivity (Wildman–Crippen MR) is 109 cm³/mol. The highest BCUT2D eigenvalue weighted by Crippen LogP contribution is 2.17. The number of carbonyl (C=O) groups is 1. The highest BCUT2D eigenvalue weighted by molar-refractivity contribution is 5.97. The van der Waals surface area contributed by atoms with E-state index >= 15 is 0 Å². The van der Waals surface area contributed by atoms with Gasteiger partial charge in [-0.15, -0.1) is 0 Å². The minimum Gasteiger partial charge on any atom is -0.360 e. The number of aryl methyl sites for hydroxylation is 3. The predicted octanol–water partition coefficient (Wildman–Crippen LogP) is 1.98. The maximum Gasteiger partial charge on any atom is 0.272 e. The van der Waals surface area contributed by atoms with Gasteiger partial charge in [0.1, 0.15) is 5.69 Å². The van der Waals surface area contributed by atoms with Gasteiger partial charge in [-0.3, -0.25) is 14.5 Å². The van der Waals surface area contributed by atoms with E-state index in [1.807, 2.05) is 30.9 Å². The summed E-state index contributed by atoms with van der Waals surface area (Å²) in [5.41, 5.74) is 3.27. The van der Waals surface area contributed by atoms with Gasteiger partial charge in [0.05, 0.1) is 23.3 Å². The molecule has 2 aromatic heterocycles. The third-order valence-electron chi connectivity index (χ3n) is 5.39. The number of hydrogen-bond donors (Lipinski definition) is 0. The standard InChI is InChI=1S/C21H25N5O3/c1-4-26-19-6-5-16(12-18(19)22-15(3)20(26)27)21(28)25-9-7-24(8-10-25)13-17-11-14(2)23-29-17/h5-6,11-12H,4,7-10,13H2,1-3H3. The van der Waals surface area contributed by atoms with Gasteiger partial charge < -0.3 is 14.0 Å². The average Bonchev–Trinajstić information content (AvgIpc) is 3.13. The van der Waals surface area contributed by atoms with Gasteiger partial charge in [0.2, 0.25) is 0 Å². The number of benzene rings is 1. The maximum absolute atomic E-state index is 13.0. The minimum atomic E-state index is -0.0860. The summed E-state index contributed by atoms with van der Waals surface area (Å²) in [4.78, 5) is 33.8. The van der Waals surface area contributed by atoms with Crippen LogP contribution in [0.25, 0.3) is 11.0 Å². The highest BCUT2D eigenvalue weighted by Gasteiger charge is 2.23. The van der Waals surface area contributed by atoms with E-state index in [1.54, 1.807) is 23.6 Å². The van der Waals surface area contributed by atoms with Crippen LogP contribution >= 0.6 is 0 Å². The van der Waals surface area contributed by atoms with E-state index in [2.05, 4.69) is 15.0 Å². The second-order valence-corrected chi connectivity index (χ2v) is 7.45. The quantitative estimate of drug-likeness (QED) is 0.672. The van der Waals surface area contributed by atoms with E-state index in [4.69, 9.17) is 4.52 Å². The molecule has 0 atom stereocenters. The van der Waals surface area contributed by atoms with Crippen LogP contribution in [-0.2, 0) is 13.1 Å². The molecule has 0 unspecified atom stereocenters.